The van der Waals surface area contributed by atoms with E-state index in [1.165, 1.54) is 12.1 Å². The van der Waals surface area contributed by atoms with E-state index in [0.717, 1.165) is 12.1 Å². The van der Waals surface area contributed by atoms with Crippen molar-refractivity contribution in [2.45, 2.75) is 38.5 Å². The van der Waals surface area contributed by atoms with Gasteiger partial charge >= 0.3 is 6.18 Å². The van der Waals surface area contributed by atoms with Crippen molar-refractivity contribution < 1.29 is 27.5 Å². The van der Waals surface area contributed by atoms with Crippen LogP contribution in [0.5, 0.6) is 0 Å². The Kier molecular flexibility index (Phi) is 6.45. The van der Waals surface area contributed by atoms with E-state index in [1.807, 2.05) is 4.57 Å². The molecule has 1 fully saturated rings. The molecule has 2 amide bonds. The fraction of sp³-hybridized carbons (Fsp3) is 0.524. The van der Waals surface area contributed by atoms with Gasteiger partial charge in [-0.2, -0.15) is 13.2 Å². The van der Waals surface area contributed by atoms with Gasteiger partial charge in [0.05, 0.1) is 31.1 Å². The number of aromatic nitrogens is 3. The van der Waals surface area contributed by atoms with E-state index in [1.54, 1.807) is 4.90 Å². The van der Waals surface area contributed by atoms with Gasteiger partial charge < -0.3 is 19.5 Å². The van der Waals surface area contributed by atoms with Crippen LogP contribution in [-0.4, -0.2) is 57.8 Å². The zero-order valence-electron chi connectivity index (χ0n) is 17.4. The Bertz CT molecular complexity index is 985. The van der Waals surface area contributed by atoms with Crippen molar-refractivity contribution in [3.63, 3.8) is 0 Å². The summed E-state index contributed by atoms with van der Waals surface area (Å²) in [5.74, 6) is 0.864. The Hall–Kier alpha value is -2.95. The van der Waals surface area contributed by atoms with Crippen LogP contribution in [0.4, 0.5) is 13.2 Å². The average molecular weight is 451 g/mol. The normalized spacial score (nSPS) is 18.8. The van der Waals surface area contributed by atoms with Crippen molar-refractivity contribution >= 4 is 11.8 Å². The molecule has 0 radical (unpaired) electrons. The first-order valence-electron chi connectivity index (χ1n) is 10.5. The third kappa shape index (κ3) is 5.09. The largest absolute Gasteiger partial charge is 0.416 e. The summed E-state index contributed by atoms with van der Waals surface area (Å²) in [4.78, 5) is 26.6. The summed E-state index contributed by atoms with van der Waals surface area (Å²) in [5, 5.41) is 11.2. The van der Waals surface area contributed by atoms with Crippen LogP contribution in [0, 0.1) is 5.92 Å². The fourth-order valence-corrected chi connectivity index (χ4v) is 3.96. The summed E-state index contributed by atoms with van der Waals surface area (Å²) in [5.41, 5.74) is -0.437. The van der Waals surface area contributed by atoms with Crippen LogP contribution in [-0.2, 0) is 46.4 Å². The topological polar surface area (TPSA) is 89.4 Å². The Morgan fingerprint density at radius 1 is 1.19 bits per heavy atom. The van der Waals surface area contributed by atoms with Crippen molar-refractivity contribution in [1.82, 2.24) is 25.0 Å². The number of halogens is 3. The lowest BCUT2D eigenvalue weighted by Gasteiger charge is -2.20. The third-order valence-corrected chi connectivity index (χ3v) is 5.79. The molecule has 1 atom stereocenters. The van der Waals surface area contributed by atoms with E-state index in [0.29, 0.717) is 62.9 Å². The number of nitrogens with zero attached hydrogens (tertiary/aromatic N) is 4. The Morgan fingerprint density at radius 3 is 2.78 bits per heavy atom. The van der Waals surface area contributed by atoms with E-state index in [4.69, 9.17) is 4.74 Å². The highest BCUT2D eigenvalue weighted by atomic mass is 19.4. The number of fused-ring (bicyclic) bond motifs is 1. The smallest absolute Gasteiger partial charge is 0.381 e. The lowest BCUT2D eigenvalue weighted by molar-refractivity contribution is -0.138. The van der Waals surface area contributed by atoms with Crippen molar-refractivity contribution in [3.8, 4) is 0 Å². The van der Waals surface area contributed by atoms with Gasteiger partial charge in [-0.15, -0.1) is 10.2 Å². The van der Waals surface area contributed by atoms with Gasteiger partial charge in [0.2, 0.25) is 11.8 Å². The first-order chi connectivity index (χ1) is 15.3. The molecule has 1 saturated heterocycles. The molecule has 1 aromatic carbocycles. The Labute approximate surface area is 182 Å². The number of alkyl halides is 3. The summed E-state index contributed by atoms with van der Waals surface area (Å²) in [7, 11) is 0. The molecule has 4 rings (SSSR count). The number of amides is 2. The van der Waals surface area contributed by atoms with Crippen LogP contribution in [0.1, 0.15) is 29.2 Å². The van der Waals surface area contributed by atoms with Crippen molar-refractivity contribution in [1.29, 1.82) is 0 Å². The number of carbonyl (C=O) groups is 2. The van der Waals surface area contributed by atoms with Crippen LogP contribution in [0.3, 0.4) is 0 Å². The molecule has 0 saturated carbocycles. The zero-order chi connectivity index (χ0) is 22.7. The molecule has 0 unspecified atom stereocenters. The summed E-state index contributed by atoms with van der Waals surface area (Å²) >= 11 is 0. The van der Waals surface area contributed by atoms with Gasteiger partial charge in [-0.05, 0) is 18.1 Å². The van der Waals surface area contributed by atoms with Crippen molar-refractivity contribution in [2.24, 2.45) is 5.92 Å². The lowest BCUT2D eigenvalue weighted by Crippen LogP contribution is -2.35. The summed E-state index contributed by atoms with van der Waals surface area (Å²) in [6, 6.07) is 4.84. The van der Waals surface area contributed by atoms with Crippen LogP contribution < -0.4 is 5.32 Å². The maximum absolute atomic E-state index is 12.9. The molecule has 2 aliphatic rings. The number of nitrogens with one attached hydrogen (secondary N) is 1. The second kappa shape index (κ2) is 9.27. The van der Waals surface area contributed by atoms with Crippen molar-refractivity contribution in [2.75, 3.05) is 26.3 Å². The van der Waals surface area contributed by atoms with Crippen LogP contribution in [0.2, 0.25) is 0 Å². The Balaban J connectivity index is 1.35. The first kappa shape index (κ1) is 22.3. The second-order valence-electron chi connectivity index (χ2n) is 7.97. The molecular weight excluding hydrogens is 427 g/mol. The SMILES string of the molecule is O=C(NCc1nnc2n1CCN(C(=O)Cc1cccc(C(F)(F)F)c1)CC2)[C@H]1CCOC1. The van der Waals surface area contributed by atoms with Gasteiger partial charge in [-0.3, -0.25) is 9.59 Å². The molecular formula is C21H24F3N5O3. The van der Waals surface area contributed by atoms with Gasteiger partial charge in [0.25, 0.3) is 0 Å². The number of hydrogen-bond acceptors (Lipinski definition) is 5. The summed E-state index contributed by atoms with van der Waals surface area (Å²) in [6.07, 6.45) is -3.37. The number of benzene rings is 1. The van der Waals surface area contributed by atoms with Gasteiger partial charge in [-0.25, -0.2) is 0 Å². The van der Waals surface area contributed by atoms with E-state index >= 15 is 0 Å². The number of rotatable bonds is 5. The van der Waals surface area contributed by atoms with Gasteiger partial charge in [0.1, 0.15) is 5.82 Å². The molecule has 0 aliphatic carbocycles. The maximum Gasteiger partial charge on any atom is 0.416 e. The van der Waals surface area contributed by atoms with Gasteiger partial charge in [-0.1, -0.05) is 18.2 Å². The molecule has 32 heavy (non-hydrogen) atoms. The number of hydrogen-bond donors (Lipinski definition) is 1. The average Bonchev–Trinajstić information content (AvgIpc) is 3.38. The maximum atomic E-state index is 12.9. The highest BCUT2D eigenvalue weighted by molar-refractivity contribution is 5.79. The van der Waals surface area contributed by atoms with E-state index in [9.17, 15) is 22.8 Å². The van der Waals surface area contributed by atoms with Crippen LogP contribution in [0.25, 0.3) is 0 Å². The molecule has 0 bridgehead atoms. The van der Waals surface area contributed by atoms with Crippen LogP contribution >= 0.6 is 0 Å². The second-order valence-corrected chi connectivity index (χ2v) is 7.97. The standard InChI is InChI=1S/C21H24F3N5O3/c22-21(23,24)16-3-1-2-14(10-16)11-19(30)28-6-4-17-26-27-18(29(17)8-7-28)12-25-20(31)15-5-9-32-13-15/h1-3,10,15H,4-9,11-13H2,(H,25,31)/t15-/m0/s1. The van der Waals surface area contributed by atoms with E-state index in [-0.39, 0.29) is 30.7 Å². The molecule has 11 heteroatoms. The summed E-state index contributed by atoms with van der Waals surface area (Å²) < 4.78 is 45.9. The first-order valence-corrected chi connectivity index (χ1v) is 10.5. The molecule has 2 aliphatic heterocycles. The predicted molar refractivity (Wildman–Crippen MR) is 106 cm³/mol. The molecule has 2 aromatic rings. The molecule has 8 nitrogen and oxygen atoms in total. The van der Waals surface area contributed by atoms with Gasteiger partial charge in [0, 0.05) is 32.7 Å². The van der Waals surface area contributed by atoms with E-state index < -0.39 is 11.7 Å². The molecule has 3 heterocycles. The van der Waals surface area contributed by atoms with Gasteiger partial charge in [0.15, 0.2) is 5.82 Å². The highest BCUT2D eigenvalue weighted by Gasteiger charge is 2.31. The lowest BCUT2D eigenvalue weighted by atomic mass is 10.1. The van der Waals surface area contributed by atoms with E-state index in [2.05, 4.69) is 15.5 Å². The minimum absolute atomic E-state index is 0.0774. The molecule has 1 aromatic heterocycles. The predicted octanol–water partition coefficient (Wildman–Crippen LogP) is 1.58. The minimum Gasteiger partial charge on any atom is -0.381 e. The molecule has 0 spiro atoms. The monoisotopic (exact) mass is 451 g/mol. The fourth-order valence-electron chi connectivity index (χ4n) is 3.96. The number of carbonyl (C=O) groups excluding carboxylic acids is 2. The number of ether oxygens (including phenoxy) is 1. The van der Waals surface area contributed by atoms with Crippen molar-refractivity contribution in [3.05, 3.63) is 47.0 Å². The quantitative estimate of drug-likeness (QED) is 0.746. The third-order valence-electron chi connectivity index (χ3n) is 5.79. The minimum atomic E-state index is -4.44. The van der Waals surface area contributed by atoms with Crippen LogP contribution in [0.15, 0.2) is 24.3 Å². The summed E-state index contributed by atoms with van der Waals surface area (Å²) in [6.45, 7) is 2.49. The Morgan fingerprint density at radius 2 is 2.03 bits per heavy atom. The molecule has 172 valence electrons. The molecule has 1 N–H and O–H groups in total. The zero-order valence-corrected chi connectivity index (χ0v) is 17.4. The highest BCUT2D eigenvalue weighted by Crippen LogP contribution is 2.29.